The summed E-state index contributed by atoms with van der Waals surface area (Å²) in [6.07, 6.45) is 1.26. The number of hydrogen-bond acceptors (Lipinski definition) is 3. The minimum atomic E-state index is -1.01. The highest BCUT2D eigenvalue weighted by Gasteiger charge is 2.27. The second-order valence-electron chi connectivity index (χ2n) is 4.54. The Balaban J connectivity index is 2.49. The van der Waals surface area contributed by atoms with Gasteiger partial charge in [0, 0.05) is 5.92 Å². The fourth-order valence-corrected chi connectivity index (χ4v) is 2.13. The van der Waals surface area contributed by atoms with Crippen molar-refractivity contribution in [1.82, 2.24) is 5.16 Å². The molecule has 1 aromatic carbocycles. The number of aromatic carboxylic acids is 1. The van der Waals surface area contributed by atoms with E-state index < -0.39 is 5.97 Å². The zero-order chi connectivity index (χ0) is 13.1. The Morgan fingerprint density at radius 3 is 2.50 bits per heavy atom. The summed E-state index contributed by atoms with van der Waals surface area (Å²) in [7, 11) is 0. The van der Waals surface area contributed by atoms with E-state index in [1.165, 1.54) is 6.20 Å². The van der Waals surface area contributed by atoms with Crippen LogP contribution in [0.2, 0.25) is 0 Å². The Bertz CT molecular complexity index is 531. The molecule has 1 atom stereocenters. The van der Waals surface area contributed by atoms with Gasteiger partial charge in [-0.25, -0.2) is 4.79 Å². The maximum absolute atomic E-state index is 11.1. The number of rotatable bonds is 4. The zero-order valence-electron chi connectivity index (χ0n) is 10.3. The Morgan fingerprint density at radius 2 is 1.94 bits per heavy atom. The van der Waals surface area contributed by atoms with Gasteiger partial charge in [0.2, 0.25) is 0 Å². The lowest BCUT2D eigenvalue weighted by atomic mass is 9.85. The molecule has 0 amide bonds. The molecule has 2 rings (SSSR count). The smallest absolute Gasteiger partial charge is 0.340 e. The first-order chi connectivity index (χ1) is 8.61. The highest BCUT2D eigenvalue weighted by molar-refractivity contribution is 5.88. The average molecular weight is 245 g/mol. The van der Waals surface area contributed by atoms with E-state index in [1.807, 2.05) is 44.2 Å². The van der Waals surface area contributed by atoms with Crippen molar-refractivity contribution in [2.75, 3.05) is 0 Å². The first-order valence-corrected chi connectivity index (χ1v) is 5.84. The molecule has 0 aliphatic carbocycles. The fourth-order valence-electron chi connectivity index (χ4n) is 2.13. The van der Waals surface area contributed by atoms with Crippen molar-refractivity contribution in [3.8, 4) is 0 Å². The summed E-state index contributed by atoms with van der Waals surface area (Å²) in [5, 5.41) is 12.7. The molecule has 1 unspecified atom stereocenters. The van der Waals surface area contributed by atoms with Crippen molar-refractivity contribution in [1.29, 1.82) is 0 Å². The van der Waals surface area contributed by atoms with Gasteiger partial charge in [0.15, 0.2) is 5.76 Å². The summed E-state index contributed by atoms with van der Waals surface area (Å²) < 4.78 is 5.17. The quantitative estimate of drug-likeness (QED) is 0.898. The van der Waals surface area contributed by atoms with Gasteiger partial charge in [0.1, 0.15) is 5.56 Å². The van der Waals surface area contributed by atoms with Crippen molar-refractivity contribution in [3.05, 3.63) is 53.4 Å². The Hall–Kier alpha value is -2.10. The lowest BCUT2D eigenvalue weighted by molar-refractivity contribution is 0.0693. The van der Waals surface area contributed by atoms with Crippen molar-refractivity contribution < 1.29 is 14.4 Å². The van der Waals surface area contributed by atoms with Gasteiger partial charge in [-0.05, 0) is 11.5 Å². The minimum Gasteiger partial charge on any atom is -0.478 e. The van der Waals surface area contributed by atoms with Crippen LogP contribution in [-0.2, 0) is 0 Å². The van der Waals surface area contributed by atoms with Crippen LogP contribution in [-0.4, -0.2) is 16.2 Å². The van der Waals surface area contributed by atoms with Crippen LogP contribution in [0, 0.1) is 5.92 Å². The SMILES string of the molecule is CC(C)C(c1ccccc1)c1oncc1C(=O)O. The summed E-state index contributed by atoms with van der Waals surface area (Å²) in [4.78, 5) is 11.1. The van der Waals surface area contributed by atoms with Crippen LogP contribution in [0.25, 0.3) is 0 Å². The highest BCUT2D eigenvalue weighted by Crippen LogP contribution is 2.33. The molecule has 1 aromatic heterocycles. The van der Waals surface area contributed by atoms with E-state index in [2.05, 4.69) is 5.16 Å². The number of nitrogens with zero attached hydrogens (tertiary/aromatic N) is 1. The van der Waals surface area contributed by atoms with Gasteiger partial charge in [0.05, 0.1) is 6.20 Å². The van der Waals surface area contributed by atoms with Crippen LogP contribution in [0.3, 0.4) is 0 Å². The number of hydrogen-bond donors (Lipinski definition) is 1. The molecule has 18 heavy (non-hydrogen) atoms. The lowest BCUT2D eigenvalue weighted by Gasteiger charge is -2.19. The molecular formula is C14H15NO3. The van der Waals surface area contributed by atoms with E-state index in [0.717, 1.165) is 5.56 Å². The minimum absolute atomic E-state index is 0.0974. The molecule has 0 aliphatic heterocycles. The van der Waals surface area contributed by atoms with Gasteiger partial charge >= 0.3 is 5.97 Å². The summed E-state index contributed by atoms with van der Waals surface area (Å²) >= 11 is 0. The van der Waals surface area contributed by atoms with Crippen LogP contribution in [0.4, 0.5) is 0 Å². The molecule has 1 N–H and O–H groups in total. The monoisotopic (exact) mass is 245 g/mol. The average Bonchev–Trinajstić information content (AvgIpc) is 2.79. The standard InChI is InChI=1S/C14H15NO3/c1-9(2)12(10-6-4-3-5-7-10)13-11(14(16)17)8-15-18-13/h3-9,12H,1-2H3,(H,16,17). The summed E-state index contributed by atoms with van der Waals surface area (Å²) in [6, 6.07) is 9.74. The second-order valence-corrected chi connectivity index (χ2v) is 4.54. The molecule has 1 heterocycles. The van der Waals surface area contributed by atoms with E-state index >= 15 is 0 Å². The summed E-state index contributed by atoms with van der Waals surface area (Å²) in [5.41, 5.74) is 1.17. The van der Waals surface area contributed by atoms with Gasteiger partial charge in [-0.2, -0.15) is 0 Å². The third-order valence-electron chi connectivity index (χ3n) is 2.94. The van der Waals surface area contributed by atoms with E-state index in [1.54, 1.807) is 0 Å². The second kappa shape index (κ2) is 5.04. The van der Waals surface area contributed by atoms with Crippen LogP contribution >= 0.6 is 0 Å². The van der Waals surface area contributed by atoms with Gasteiger partial charge in [-0.3, -0.25) is 0 Å². The topological polar surface area (TPSA) is 63.3 Å². The third kappa shape index (κ3) is 2.27. The van der Waals surface area contributed by atoms with Crippen LogP contribution < -0.4 is 0 Å². The zero-order valence-corrected chi connectivity index (χ0v) is 10.3. The largest absolute Gasteiger partial charge is 0.478 e. The van der Waals surface area contributed by atoms with Crippen LogP contribution in [0.1, 0.15) is 41.4 Å². The molecule has 2 aromatic rings. The van der Waals surface area contributed by atoms with Crippen molar-refractivity contribution in [3.63, 3.8) is 0 Å². The predicted octanol–water partition coefficient (Wildman–Crippen LogP) is 3.16. The van der Waals surface area contributed by atoms with Gasteiger partial charge in [-0.15, -0.1) is 0 Å². The molecule has 4 nitrogen and oxygen atoms in total. The van der Waals surface area contributed by atoms with E-state index in [9.17, 15) is 4.79 Å². The molecule has 0 radical (unpaired) electrons. The number of carboxylic acids is 1. The maximum Gasteiger partial charge on any atom is 0.340 e. The Morgan fingerprint density at radius 1 is 1.28 bits per heavy atom. The number of carbonyl (C=O) groups is 1. The Kier molecular flexibility index (Phi) is 3.46. The third-order valence-corrected chi connectivity index (χ3v) is 2.94. The molecule has 0 saturated carbocycles. The lowest BCUT2D eigenvalue weighted by Crippen LogP contribution is -2.11. The molecule has 0 saturated heterocycles. The number of carboxylic acid groups (broad SMARTS) is 1. The first kappa shape index (κ1) is 12.4. The predicted molar refractivity (Wildman–Crippen MR) is 66.6 cm³/mol. The van der Waals surface area contributed by atoms with Gasteiger partial charge < -0.3 is 9.63 Å². The summed E-state index contributed by atoms with van der Waals surface area (Å²) in [5.74, 6) is -0.463. The Labute approximate surface area is 105 Å². The van der Waals surface area contributed by atoms with Gasteiger partial charge in [0.25, 0.3) is 0 Å². The normalized spacial score (nSPS) is 12.6. The number of benzene rings is 1. The summed E-state index contributed by atoms with van der Waals surface area (Å²) in [6.45, 7) is 4.07. The van der Waals surface area contributed by atoms with E-state index in [4.69, 9.17) is 9.63 Å². The van der Waals surface area contributed by atoms with Crippen molar-refractivity contribution in [2.24, 2.45) is 5.92 Å². The maximum atomic E-state index is 11.1. The number of aromatic nitrogens is 1. The molecule has 0 spiro atoms. The van der Waals surface area contributed by atoms with Crippen LogP contribution in [0.5, 0.6) is 0 Å². The first-order valence-electron chi connectivity index (χ1n) is 5.84. The van der Waals surface area contributed by atoms with Crippen molar-refractivity contribution in [2.45, 2.75) is 19.8 Å². The van der Waals surface area contributed by atoms with Crippen LogP contribution in [0.15, 0.2) is 41.1 Å². The fraction of sp³-hybridized carbons (Fsp3) is 0.286. The molecule has 4 heteroatoms. The molecule has 0 aliphatic rings. The molecule has 0 bridgehead atoms. The highest BCUT2D eigenvalue weighted by atomic mass is 16.5. The van der Waals surface area contributed by atoms with E-state index in [-0.39, 0.29) is 17.4 Å². The van der Waals surface area contributed by atoms with Crippen molar-refractivity contribution >= 4 is 5.97 Å². The van der Waals surface area contributed by atoms with Gasteiger partial charge in [-0.1, -0.05) is 49.3 Å². The molecule has 94 valence electrons. The molecular weight excluding hydrogens is 230 g/mol. The molecule has 0 fully saturated rings. The van der Waals surface area contributed by atoms with E-state index in [0.29, 0.717) is 5.76 Å².